The van der Waals surface area contributed by atoms with Crippen molar-refractivity contribution in [3.63, 3.8) is 0 Å². The van der Waals surface area contributed by atoms with Gasteiger partial charge < -0.3 is 0 Å². The van der Waals surface area contributed by atoms with Gasteiger partial charge >= 0.3 is 33.9 Å². The molecule has 0 atom stereocenters. The van der Waals surface area contributed by atoms with Gasteiger partial charge in [0.2, 0.25) is 0 Å². The molecule has 5 heteroatoms. The van der Waals surface area contributed by atoms with Gasteiger partial charge in [0.1, 0.15) is 0 Å². The van der Waals surface area contributed by atoms with Crippen LogP contribution in [-0.4, -0.2) is 23.5 Å². The molecule has 0 aromatic rings. The Morgan fingerprint density at radius 1 is 0.708 bits per heavy atom. The van der Waals surface area contributed by atoms with Crippen LogP contribution in [0.4, 0.5) is 0 Å². The molecule has 3 rings (SSSR count). The molecule has 0 unspecified atom stereocenters. The number of likely N-dealkylation sites (tertiary alicyclic amines) is 1. The van der Waals surface area contributed by atoms with Crippen LogP contribution in [0.5, 0.6) is 0 Å². The SMILES string of the molecule is [C-]#[O+].[C-]#[O+].[C-]#[O+].[CH]1[CH][CH]C(C2(N3CCCC3)CCCCC2)[CH][CH]1.[Mn]. The molecule has 0 bridgehead atoms. The van der Waals surface area contributed by atoms with E-state index in [2.05, 4.69) is 57.0 Å². The largest absolute Gasteiger partial charge is 0.297 e. The Morgan fingerprint density at radius 2 is 1.17 bits per heavy atom. The van der Waals surface area contributed by atoms with Gasteiger partial charge in [-0.25, -0.2) is 0 Å². The van der Waals surface area contributed by atoms with Crippen LogP contribution in [0.25, 0.3) is 0 Å². The minimum absolute atomic E-state index is 0. The summed E-state index contributed by atoms with van der Waals surface area (Å²) in [6, 6.07) is 0. The van der Waals surface area contributed by atoms with Crippen molar-refractivity contribution >= 4 is 0 Å². The van der Waals surface area contributed by atoms with E-state index >= 15 is 0 Å². The van der Waals surface area contributed by atoms with Crippen molar-refractivity contribution in [1.82, 2.24) is 4.90 Å². The van der Waals surface area contributed by atoms with Crippen molar-refractivity contribution in [2.75, 3.05) is 13.1 Å². The molecule has 0 amide bonds. The van der Waals surface area contributed by atoms with Crippen LogP contribution >= 0.6 is 0 Å². The molecular formula is C19H24MnNO3. The van der Waals surface area contributed by atoms with Crippen molar-refractivity contribution in [1.29, 1.82) is 0 Å². The summed E-state index contributed by atoms with van der Waals surface area (Å²) in [5.41, 5.74) is 0.468. The fourth-order valence-electron chi connectivity index (χ4n) is 4.04. The summed E-state index contributed by atoms with van der Waals surface area (Å²) in [4.78, 5) is 2.82. The Hall–Kier alpha value is -0.301. The van der Waals surface area contributed by atoms with E-state index in [0.717, 1.165) is 0 Å². The summed E-state index contributed by atoms with van der Waals surface area (Å²) in [6.45, 7) is 16.2. The van der Waals surface area contributed by atoms with Gasteiger partial charge in [0.15, 0.2) is 0 Å². The third kappa shape index (κ3) is 6.90. The maximum absolute atomic E-state index is 7.50. The maximum Gasteiger partial charge on any atom is 0.0243 e. The van der Waals surface area contributed by atoms with E-state index in [9.17, 15) is 0 Å². The second-order valence-electron chi connectivity index (χ2n) is 5.85. The van der Waals surface area contributed by atoms with Crippen LogP contribution in [0.2, 0.25) is 0 Å². The molecule has 1 heterocycles. The molecular weight excluding hydrogens is 345 g/mol. The average molecular weight is 369 g/mol. The number of hydrogen-bond donors (Lipinski definition) is 0. The second kappa shape index (κ2) is 16.2. The smallest absolute Gasteiger partial charge is 0.0243 e. The third-order valence-electron chi connectivity index (χ3n) is 4.93. The monoisotopic (exact) mass is 369 g/mol. The van der Waals surface area contributed by atoms with E-state index in [0.29, 0.717) is 11.5 Å². The number of nitrogens with zero attached hydrogens (tertiary/aromatic N) is 1. The zero-order chi connectivity index (χ0) is 17.6. The molecule has 2 saturated carbocycles. The van der Waals surface area contributed by atoms with Crippen LogP contribution in [0.1, 0.15) is 44.9 Å². The van der Waals surface area contributed by atoms with Crippen molar-refractivity contribution < 1.29 is 31.0 Å². The molecule has 2 aliphatic carbocycles. The molecule has 1 aliphatic heterocycles. The van der Waals surface area contributed by atoms with Crippen molar-refractivity contribution in [2.24, 2.45) is 5.92 Å². The topological polar surface area (TPSA) is 62.9 Å². The first-order chi connectivity index (χ1) is 11.4. The zero-order valence-electron chi connectivity index (χ0n) is 13.9. The minimum atomic E-state index is 0. The molecule has 0 spiro atoms. The number of hydrogen-bond acceptors (Lipinski definition) is 1. The van der Waals surface area contributed by atoms with Gasteiger partial charge in [0.05, 0.1) is 0 Å². The van der Waals surface area contributed by atoms with E-state index in [4.69, 9.17) is 14.0 Å². The predicted molar refractivity (Wildman–Crippen MR) is 83.4 cm³/mol. The summed E-state index contributed by atoms with van der Waals surface area (Å²) in [5, 5.41) is 0. The molecule has 24 heavy (non-hydrogen) atoms. The summed E-state index contributed by atoms with van der Waals surface area (Å²) < 4.78 is 22.5. The van der Waals surface area contributed by atoms with E-state index in [1.807, 2.05) is 0 Å². The quantitative estimate of drug-likeness (QED) is 0.418. The molecule has 130 valence electrons. The number of rotatable bonds is 2. The Morgan fingerprint density at radius 3 is 1.62 bits per heavy atom. The van der Waals surface area contributed by atoms with E-state index < -0.39 is 0 Å². The van der Waals surface area contributed by atoms with Crippen LogP contribution in [0.3, 0.4) is 0 Å². The summed E-state index contributed by atoms with van der Waals surface area (Å²) in [6.07, 6.45) is 21.5. The van der Waals surface area contributed by atoms with Gasteiger partial charge in [-0.15, -0.1) is 0 Å². The van der Waals surface area contributed by atoms with Crippen molar-refractivity contribution in [3.8, 4) is 0 Å². The fraction of sp³-hybridized carbons (Fsp3) is 0.579. The van der Waals surface area contributed by atoms with Crippen LogP contribution in [-0.2, 0) is 31.0 Å². The Labute approximate surface area is 157 Å². The van der Waals surface area contributed by atoms with Gasteiger partial charge in [-0.2, -0.15) is 0 Å². The molecule has 3 aliphatic rings. The Balaban J connectivity index is 0. The van der Waals surface area contributed by atoms with Gasteiger partial charge in [0.25, 0.3) is 0 Å². The molecule has 4 nitrogen and oxygen atoms in total. The summed E-state index contributed by atoms with van der Waals surface area (Å²) in [7, 11) is 0. The minimum Gasteiger partial charge on any atom is -0.297 e. The average Bonchev–Trinajstić information content (AvgIpc) is 3.23. The molecule has 6 radical (unpaired) electrons. The first-order valence-corrected chi connectivity index (χ1v) is 7.96. The van der Waals surface area contributed by atoms with Crippen LogP contribution < -0.4 is 0 Å². The van der Waals surface area contributed by atoms with E-state index in [1.54, 1.807) is 0 Å². The standard InChI is InChI=1S/C16H24N.3CO.Mn/c1-3-9-15(10-4-1)16(11-5-2-6-12-16)17-13-7-8-14-17;3*1-2;/h1,3-4,9-10,15H,2,5-8,11-14H2;;;;. The fourth-order valence-corrected chi connectivity index (χ4v) is 4.04. The van der Waals surface area contributed by atoms with Gasteiger partial charge in [-0.3, -0.25) is 4.90 Å². The van der Waals surface area contributed by atoms with Crippen LogP contribution in [0.15, 0.2) is 0 Å². The zero-order valence-corrected chi connectivity index (χ0v) is 15.1. The molecule has 0 N–H and O–H groups in total. The predicted octanol–water partition coefficient (Wildman–Crippen LogP) is 3.32. The maximum atomic E-state index is 7.50. The van der Waals surface area contributed by atoms with Gasteiger partial charge in [-0.05, 0) is 76.8 Å². The molecule has 0 aromatic carbocycles. The Bertz CT molecular complexity index is 335. The van der Waals surface area contributed by atoms with Crippen molar-refractivity contribution in [2.45, 2.75) is 50.5 Å². The summed E-state index contributed by atoms with van der Waals surface area (Å²) >= 11 is 0. The van der Waals surface area contributed by atoms with Crippen LogP contribution in [0, 0.1) is 58.0 Å². The summed E-state index contributed by atoms with van der Waals surface area (Å²) in [5.74, 6) is 0.658. The van der Waals surface area contributed by atoms with E-state index in [1.165, 1.54) is 58.0 Å². The molecule has 0 aromatic heterocycles. The molecule has 3 fully saturated rings. The molecule has 1 saturated heterocycles. The Kier molecular flexibility index (Phi) is 17.5. The first-order valence-electron chi connectivity index (χ1n) is 7.96. The van der Waals surface area contributed by atoms with E-state index in [-0.39, 0.29) is 17.1 Å². The van der Waals surface area contributed by atoms with Crippen molar-refractivity contribution in [3.05, 3.63) is 52.1 Å². The second-order valence-corrected chi connectivity index (χ2v) is 5.85. The normalized spacial score (nSPS) is 22.8. The van der Waals surface area contributed by atoms with Gasteiger partial charge in [-0.1, -0.05) is 19.3 Å². The first kappa shape index (κ1) is 25.9. The van der Waals surface area contributed by atoms with Gasteiger partial charge in [0, 0.05) is 22.6 Å². The third-order valence-corrected chi connectivity index (χ3v) is 4.93.